The Bertz CT molecular complexity index is 1290. The Balaban J connectivity index is 1.95. The third kappa shape index (κ3) is 8.85. The highest BCUT2D eigenvalue weighted by Crippen LogP contribution is 2.38. The summed E-state index contributed by atoms with van der Waals surface area (Å²) >= 11 is 1.42. The lowest BCUT2D eigenvalue weighted by Crippen LogP contribution is -2.51. The van der Waals surface area contributed by atoms with E-state index in [1.54, 1.807) is 12.1 Å². The van der Waals surface area contributed by atoms with Crippen molar-refractivity contribution in [2.24, 2.45) is 0 Å². The zero-order valence-corrected chi connectivity index (χ0v) is 24.5. The molecule has 0 saturated heterocycles. The van der Waals surface area contributed by atoms with E-state index < -0.39 is 28.3 Å². The average molecular weight is 550 g/mol. The molecule has 0 unspecified atom stereocenters. The lowest BCUT2D eigenvalue weighted by Gasteiger charge is -2.31. The number of unbranched alkanes of at least 4 members (excludes halogenated alkanes) is 1. The van der Waals surface area contributed by atoms with Crippen LogP contribution in [0.2, 0.25) is 0 Å². The molecule has 2 atom stereocenters. The third-order valence-corrected chi connectivity index (χ3v) is 7.45. The molecule has 39 heavy (non-hydrogen) atoms. The molecule has 0 saturated carbocycles. The maximum Gasteiger partial charge on any atom is 0.329 e. The lowest BCUT2D eigenvalue weighted by molar-refractivity contribution is -0.159. The molecule has 3 aromatic carbocycles. The van der Waals surface area contributed by atoms with Crippen LogP contribution >= 0.6 is 11.8 Å². The first-order chi connectivity index (χ1) is 18.4. The molecule has 0 aromatic heterocycles. The molecular formula is C32H39NO5S. The van der Waals surface area contributed by atoms with Gasteiger partial charge in [0.2, 0.25) is 5.91 Å². The van der Waals surface area contributed by atoms with E-state index in [0.717, 1.165) is 34.1 Å². The van der Waals surface area contributed by atoms with Gasteiger partial charge in [0.1, 0.15) is 22.1 Å². The van der Waals surface area contributed by atoms with E-state index in [0.29, 0.717) is 18.6 Å². The second kappa shape index (κ2) is 13.2. The zero-order chi connectivity index (χ0) is 28.6. The summed E-state index contributed by atoms with van der Waals surface area (Å²) in [5, 5.41) is 5.22. The number of esters is 2. The fourth-order valence-electron chi connectivity index (χ4n) is 4.32. The fraction of sp³-hybridized carbons (Fsp3) is 0.406. The number of thioether (sulfide) groups is 1. The number of fused-ring (bicyclic) bond motifs is 1. The molecule has 6 nitrogen and oxygen atoms in total. The highest BCUT2D eigenvalue weighted by molar-refractivity contribution is 8.01. The van der Waals surface area contributed by atoms with Gasteiger partial charge in [-0.05, 0) is 81.1 Å². The van der Waals surface area contributed by atoms with Crippen molar-refractivity contribution in [2.75, 3.05) is 0 Å². The molecule has 0 heterocycles. The number of hydrogen-bond acceptors (Lipinski definition) is 6. The molecule has 0 aliphatic heterocycles. The molecule has 0 aliphatic rings. The molecule has 0 fully saturated rings. The van der Waals surface area contributed by atoms with Crippen LogP contribution in [0.25, 0.3) is 10.8 Å². The van der Waals surface area contributed by atoms with Crippen LogP contribution in [0.4, 0.5) is 0 Å². The van der Waals surface area contributed by atoms with Crippen molar-refractivity contribution in [1.82, 2.24) is 5.32 Å². The van der Waals surface area contributed by atoms with Gasteiger partial charge in [-0.15, -0.1) is 11.8 Å². The molecule has 3 rings (SSSR count). The second-order valence-corrected chi connectivity index (χ2v) is 12.5. The van der Waals surface area contributed by atoms with Crippen LogP contribution in [0.5, 0.6) is 5.75 Å². The molecule has 1 N–H and O–H groups in total. The summed E-state index contributed by atoms with van der Waals surface area (Å²) in [4.78, 5) is 39.3. The van der Waals surface area contributed by atoms with Crippen LogP contribution in [0.3, 0.4) is 0 Å². The fourth-order valence-corrected chi connectivity index (χ4v) is 5.49. The van der Waals surface area contributed by atoms with E-state index >= 15 is 0 Å². The highest BCUT2D eigenvalue weighted by Gasteiger charge is 2.38. The van der Waals surface area contributed by atoms with Crippen molar-refractivity contribution >= 4 is 40.4 Å². The lowest BCUT2D eigenvalue weighted by atomic mass is 9.94. The smallest absolute Gasteiger partial charge is 0.329 e. The van der Waals surface area contributed by atoms with E-state index in [2.05, 4.69) is 23.5 Å². The molecular weight excluding hydrogens is 510 g/mol. The van der Waals surface area contributed by atoms with Gasteiger partial charge in [-0.2, -0.15) is 0 Å². The Morgan fingerprint density at radius 3 is 2.23 bits per heavy atom. The van der Waals surface area contributed by atoms with Crippen molar-refractivity contribution in [3.05, 3.63) is 72.3 Å². The molecule has 7 heteroatoms. The quantitative estimate of drug-likeness (QED) is 0.160. The van der Waals surface area contributed by atoms with Crippen molar-refractivity contribution in [1.29, 1.82) is 0 Å². The summed E-state index contributed by atoms with van der Waals surface area (Å²) in [5.74, 6) is -0.614. The van der Waals surface area contributed by atoms with Gasteiger partial charge in [-0.25, -0.2) is 4.79 Å². The van der Waals surface area contributed by atoms with Crippen LogP contribution in [-0.2, 0) is 25.5 Å². The van der Waals surface area contributed by atoms with E-state index in [9.17, 15) is 14.4 Å². The minimum Gasteiger partial charge on any atom is -0.458 e. The largest absolute Gasteiger partial charge is 0.458 e. The Kier molecular flexibility index (Phi) is 10.2. The first-order valence-electron chi connectivity index (χ1n) is 13.4. The van der Waals surface area contributed by atoms with Crippen LogP contribution in [0.1, 0.15) is 66.4 Å². The Morgan fingerprint density at radius 2 is 1.59 bits per heavy atom. The number of carbonyl (C=O) groups excluding carboxylic acids is 3. The number of rotatable bonds is 11. The van der Waals surface area contributed by atoms with Crippen LogP contribution in [-0.4, -0.2) is 34.2 Å². The van der Waals surface area contributed by atoms with Gasteiger partial charge in [0.05, 0.1) is 0 Å². The Morgan fingerprint density at radius 1 is 0.923 bits per heavy atom. The van der Waals surface area contributed by atoms with Crippen molar-refractivity contribution in [3.8, 4) is 5.75 Å². The first-order valence-corrected chi connectivity index (χ1v) is 14.2. The summed E-state index contributed by atoms with van der Waals surface area (Å²) in [6.45, 7) is 10.8. The summed E-state index contributed by atoms with van der Waals surface area (Å²) in [6, 6.07) is 20.6. The minimum atomic E-state index is -0.959. The van der Waals surface area contributed by atoms with Crippen LogP contribution in [0.15, 0.2) is 71.6 Å². The molecule has 1 amide bonds. The Hall–Kier alpha value is -3.32. The van der Waals surface area contributed by atoms with Gasteiger partial charge in [-0.1, -0.05) is 62.2 Å². The second-order valence-electron chi connectivity index (χ2n) is 10.9. The van der Waals surface area contributed by atoms with Crippen LogP contribution < -0.4 is 10.1 Å². The maximum atomic E-state index is 14.1. The van der Waals surface area contributed by atoms with Crippen LogP contribution in [0, 0.1) is 0 Å². The van der Waals surface area contributed by atoms with E-state index in [1.807, 2.05) is 71.0 Å². The summed E-state index contributed by atoms with van der Waals surface area (Å²) in [5.41, 5.74) is 0.383. The zero-order valence-electron chi connectivity index (χ0n) is 23.7. The first kappa shape index (κ1) is 30.2. The van der Waals surface area contributed by atoms with Gasteiger partial charge in [0.15, 0.2) is 0 Å². The predicted octanol–water partition coefficient (Wildman–Crippen LogP) is 6.88. The van der Waals surface area contributed by atoms with Crippen molar-refractivity contribution in [2.45, 2.75) is 88.5 Å². The molecule has 208 valence electrons. The van der Waals surface area contributed by atoms with Gasteiger partial charge < -0.3 is 14.8 Å². The van der Waals surface area contributed by atoms with Gasteiger partial charge in [0.25, 0.3) is 0 Å². The highest BCUT2D eigenvalue weighted by atomic mass is 32.2. The van der Waals surface area contributed by atoms with E-state index in [4.69, 9.17) is 9.47 Å². The van der Waals surface area contributed by atoms with Gasteiger partial charge >= 0.3 is 11.9 Å². The average Bonchev–Trinajstić information content (AvgIpc) is 2.86. The minimum absolute atomic E-state index is 0.239. The number of nitrogens with one attached hydrogen (secondary N) is 1. The number of benzene rings is 3. The standard InChI is InChI=1S/C32H39NO5S/c1-7-8-16-28(29(35)38-31(3,4)5)33-30(36)32(6,39-26-19-17-25(18-20-26)37-22(2)34)21-24-14-11-13-23-12-9-10-15-27(23)24/h9-15,17-20,28H,7-8,16,21H2,1-6H3,(H,33,36)/t28-,32-/m0/s1. The number of ether oxygens (including phenoxy) is 2. The summed E-state index contributed by atoms with van der Waals surface area (Å²) in [6.07, 6.45) is 2.62. The predicted molar refractivity (Wildman–Crippen MR) is 157 cm³/mol. The normalized spacial score (nSPS) is 13.8. The van der Waals surface area contributed by atoms with Gasteiger partial charge in [-0.3, -0.25) is 9.59 Å². The molecule has 0 radical (unpaired) electrons. The monoisotopic (exact) mass is 549 g/mol. The van der Waals surface area contributed by atoms with Crippen molar-refractivity contribution < 1.29 is 23.9 Å². The topological polar surface area (TPSA) is 81.7 Å². The maximum absolute atomic E-state index is 14.1. The Labute approximate surface area is 235 Å². The molecule has 0 bridgehead atoms. The van der Waals surface area contributed by atoms with Gasteiger partial charge in [0, 0.05) is 11.8 Å². The molecule has 0 aliphatic carbocycles. The summed E-state index contributed by atoms with van der Waals surface area (Å²) in [7, 11) is 0. The van der Waals surface area contributed by atoms with E-state index in [-0.39, 0.29) is 5.91 Å². The number of carbonyl (C=O) groups is 3. The molecule has 0 spiro atoms. The van der Waals surface area contributed by atoms with Crippen molar-refractivity contribution in [3.63, 3.8) is 0 Å². The van der Waals surface area contributed by atoms with E-state index in [1.165, 1.54) is 18.7 Å². The third-order valence-electron chi connectivity index (χ3n) is 6.16. The SMILES string of the molecule is CCCC[C@H](NC(=O)[C@](C)(Cc1cccc2ccccc12)Sc1ccc(OC(C)=O)cc1)C(=O)OC(C)(C)C. The number of amides is 1. The summed E-state index contributed by atoms with van der Waals surface area (Å²) < 4.78 is 9.86. The number of hydrogen-bond donors (Lipinski definition) is 1. The molecule has 3 aromatic rings.